The minimum absolute atomic E-state index is 0.0462. The number of esters is 1. The second-order valence-electron chi connectivity index (χ2n) is 3.37. The van der Waals surface area contributed by atoms with Crippen LogP contribution in [0.3, 0.4) is 0 Å². The molecule has 0 saturated carbocycles. The van der Waals surface area contributed by atoms with Gasteiger partial charge < -0.3 is 14.8 Å². The van der Waals surface area contributed by atoms with E-state index >= 15 is 0 Å². The van der Waals surface area contributed by atoms with Gasteiger partial charge in [0.1, 0.15) is 12.6 Å². The van der Waals surface area contributed by atoms with Crippen LogP contribution in [0.15, 0.2) is 30.3 Å². The lowest BCUT2D eigenvalue weighted by molar-refractivity contribution is -0.170. The van der Waals surface area contributed by atoms with Crippen molar-refractivity contribution < 1.29 is 14.3 Å². The van der Waals surface area contributed by atoms with Crippen LogP contribution in [0.1, 0.15) is 0 Å². The summed E-state index contributed by atoms with van der Waals surface area (Å²) < 4.78 is 9.98. The summed E-state index contributed by atoms with van der Waals surface area (Å²) in [5.41, 5.74) is 0.916. The van der Waals surface area contributed by atoms with E-state index in [1.165, 1.54) is 0 Å². The third kappa shape index (κ3) is 2.95. The SMILES string of the molecule is O=C(CNc1ccccc1)OC1COC1. The van der Waals surface area contributed by atoms with Crippen LogP contribution in [-0.2, 0) is 14.3 Å². The van der Waals surface area contributed by atoms with Gasteiger partial charge in [0.2, 0.25) is 0 Å². The van der Waals surface area contributed by atoms with Crippen LogP contribution in [-0.4, -0.2) is 31.8 Å². The maximum absolute atomic E-state index is 11.3. The highest BCUT2D eigenvalue weighted by atomic mass is 16.6. The summed E-state index contributed by atoms with van der Waals surface area (Å²) in [5.74, 6) is -0.243. The molecule has 1 fully saturated rings. The van der Waals surface area contributed by atoms with Gasteiger partial charge in [-0.25, -0.2) is 0 Å². The van der Waals surface area contributed by atoms with E-state index in [9.17, 15) is 4.79 Å². The number of carbonyl (C=O) groups excluding carboxylic acids is 1. The van der Waals surface area contributed by atoms with E-state index in [1.807, 2.05) is 30.3 Å². The molecule has 4 nitrogen and oxygen atoms in total. The monoisotopic (exact) mass is 207 g/mol. The lowest BCUT2D eigenvalue weighted by Gasteiger charge is -2.25. The summed E-state index contributed by atoms with van der Waals surface area (Å²) in [6.45, 7) is 1.24. The molecule has 1 aliphatic heterocycles. The largest absolute Gasteiger partial charge is 0.456 e. The molecule has 1 aromatic rings. The van der Waals surface area contributed by atoms with E-state index in [2.05, 4.69) is 5.32 Å². The molecule has 15 heavy (non-hydrogen) atoms. The Morgan fingerprint density at radius 1 is 1.40 bits per heavy atom. The van der Waals surface area contributed by atoms with Crippen LogP contribution in [0.4, 0.5) is 5.69 Å². The molecule has 1 heterocycles. The van der Waals surface area contributed by atoms with E-state index in [0.29, 0.717) is 13.2 Å². The highest BCUT2D eigenvalue weighted by Crippen LogP contribution is 2.07. The molecule has 0 aromatic heterocycles. The van der Waals surface area contributed by atoms with Crippen LogP contribution in [0, 0.1) is 0 Å². The van der Waals surface area contributed by atoms with Crippen LogP contribution in [0.5, 0.6) is 0 Å². The van der Waals surface area contributed by atoms with Crippen molar-refractivity contribution in [2.45, 2.75) is 6.10 Å². The molecule has 1 saturated heterocycles. The Morgan fingerprint density at radius 2 is 2.13 bits per heavy atom. The van der Waals surface area contributed by atoms with Gasteiger partial charge in [0.15, 0.2) is 0 Å². The zero-order chi connectivity index (χ0) is 10.5. The highest BCUT2D eigenvalue weighted by Gasteiger charge is 2.22. The van der Waals surface area contributed by atoms with E-state index in [0.717, 1.165) is 5.69 Å². The first kappa shape index (κ1) is 9.98. The van der Waals surface area contributed by atoms with E-state index in [4.69, 9.17) is 9.47 Å². The maximum atomic E-state index is 11.3. The van der Waals surface area contributed by atoms with Crippen LogP contribution in [0.25, 0.3) is 0 Å². The number of benzene rings is 1. The second-order valence-corrected chi connectivity index (χ2v) is 3.37. The first-order chi connectivity index (χ1) is 7.34. The molecule has 0 unspecified atom stereocenters. The Kier molecular flexibility index (Phi) is 3.19. The lowest BCUT2D eigenvalue weighted by Crippen LogP contribution is -2.39. The minimum Gasteiger partial charge on any atom is -0.456 e. The molecule has 0 spiro atoms. The van der Waals surface area contributed by atoms with Crippen LogP contribution < -0.4 is 5.32 Å². The Bertz CT molecular complexity index is 322. The van der Waals surface area contributed by atoms with Crippen molar-refractivity contribution in [2.24, 2.45) is 0 Å². The number of hydrogen-bond donors (Lipinski definition) is 1. The summed E-state index contributed by atoms with van der Waals surface area (Å²) in [7, 11) is 0. The molecular weight excluding hydrogens is 194 g/mol. The summed E-state index contributed by atoms with van der Waals surface area (Å²) in [4.78, 5) is 11.3. The standard InChI is InChI=1S/C11H13NO3/c13-11(15-10-7-14-8-10)6-12-9-4-2-1-3-5-9/h1-5,10,12H,6-8H2. The van der Waals surface area contributed by atoms with Crippen molar-refractivity contribution in [1.82, 2.24) is 0 Å². The average Bonchev–Trinajstić information content (AvgIpc) is 2.22. The Hall–Kier alpha value is -1.55. The molecule has 0 radical (unpaired) electrons. The van der Waals surface area contributed by atoms with Crippen molar-refractivity contribution in [3.05, 3.63) is 30.3 Å². The topological polar surface area (TPSA) is 47.6 Å². The number of ether oxygens (including phenoxy) is 2. The molecule has 0 aliphatic carbocycles. The number of carbonyl (C=O) groups is 1. The number of hydrogen-bond acceptors (Lipinski definition) is 4. The molecule has 80 valence electrons. The van der Waals surface area contributed by atoms with Gasteiger partial charge >= 0.3 is 5.97 Å². The van der Waals surface area contributed by atoms with Crippen molar-refractivity contribution >= 4 is 11.7 Å². The first-order valence-corrected chi connectivity index (χ1v) is 4.91. The molecule has 0 bridgehead atoms. The van der Waals surface area contributed by atoms with Crippen molar-refractivity contribution in [3.8, 4) is 0 Å². The number of para-hydroxylation sites is 1. The van der Waals surface area contributed by atoms with E-state index in [-0.39, 0.29) is 18.6 Å². The van der Waals surface area contributed by atoms with E-state index in [1.54, 1.807) is 0 Å². The number of anilines is 1. The first-order valence-electron chi connectivity index (χ1n) is 4.91. The molecule has 2 rings (SSSR count). The molecule has 1 aromatic carbocycles. The van der Waals surface area contributed by atoms with Gasteiger partial charge in [-0.3, -0.25) is 4.79 Å². The van der Waals surface area contributed by atoms with Crippen LogP contribution in [0.2, 0.25) is 0 Å². The average molecular weight is 207 g/mol. The highest BCUT2D eigenvalue weighted by molar-refractivity contribution is 5.75. The Morgan fingerprint density at radius 3 is 2.73 bits per heavy atom. The predicted molar refractivity (Wildman–Crippen MR) is 55.6 cm³/mol. The van der Waals surface area contributed by atoms with Gasteiger partial charge in [-0.1, -0.05) is 18.2 Å². The van der Waals surface area contributed by atoms with Crippen molar-refractivity contribution in [2.75, 3.05) is 25.1 Å². The minimum atomic E-state index is -0.243. The van der Waals surface area contributed by atoms with E-state index < -0.39 is 0 Å². The molecule has 0 atom stereocenters. The lowest BCUT2D eigenvalue weighted by atomic mass is 10.3. The zero-order valence-corrected chi connectivity index (χ0v) is 8.31. The fourth-order valence-electron chi connectivity index (χ4n) is 1.24. The number of nitrogens with one attached hydrogen (secondary N) is 1. The third-order valence-corrected chi connectivity index (χ3v) is 2.12. The normalized spacial score (nSPS) is 15.5. The summed E-state index contributed by atoms with van der Waals surface area (Å²) in [6.07, 6.45) is -0.0462. The summed E-state index contributed by atoms with van der Waals surface area (Å²) in [6, 6.07) is 9.55. The second kappa shape index (κ2) is 4.79. The molecule has 0 amide bonds. The fraction of sp³-hybridized carbons (Fsp3) is 0.364. The van der Waals surface area contributed by atoms with Gasteiger partial charge in [-0.05, 0) is 12.1 Å². The molecular formula is C11H13NO3. The third-order valence-electron chi connectivity index (χ3n) is 2.12. The number of rotatable bonds is 4. The molecule has 1 aliphatic rings. The molecule has 4 heteroatoms. The summed E-state index contributed by atoms with van der Waals surface area (Å²) in [5, 5.41) is 2.98. The van der Waals surface area contributed by atoms with Gasteiger partial charge in [-0.2, -0.15) is 0 Å². The maximum Gasteiger partial charge on any atom is 0.325 e. The van der Waals surface area contributed by atoms with Crippen LogP contribution >= 0.6 is 0 Å². The fourth-order valence-corrected chi connectivity index (χ4v) is 1.24. The Labute approximate surface area is 88.2 Å². The van der Waals surface area contributed by atoms with Gasteiger partial charge in [-0.15, -0.1) is 0 Å². The Balaban J connectivity index is 1.71. The van der Waals surface area contributed by atoms with Gasteiger partial charge in [0.05, 0.1) is 13.2 Å². The van der Waals surface area contributed by atoms with Gasteiger partial charge in [0.25, 0.3) is 0 Å². The predicted octanol–water partition coefficient (Wildman–Crippen LogP) is 1.04. The molecule has 1 N–H and O–H groups in total. The van der Waals surface area contributed by atoms with Gasteiger partial charge in [0, 0.05) is 5.69 Å². The van der Waals surface area contributed by atoms with Crippen molar-refractivity contribution in [3.63, 3.8) is 0 Å². The smallest absolute Gasteiger partial charge is 0.325 e. The summed E-state index contributed by atoms with van der Waals surface area (Å²) >= 11 is 0. The van der Waals surface area contributed by atoms with Crippen molar-refractivity contribution in [1.29, 1.82) is 0 Å². The zero-order valence-electron chi connectivity index (χ0n) is 8.31. The quantitative estimate of drug-likeness (QED) is 0.749.